The molecular formula is C22H25N3O3. The number of carbonyl (C=O) groups is 2. The molecule has 0 saturated heterocycles. The number of nitrogens with zero attached hydrogens (tertiary/aromatic N) is 1. The Kier molecular flexibility index (Phi) is 7.16. The Morgan fingerprint density at radius 2 is 1.75 bits per heavy atom. The molecule has 146 valence electrons. The van der Waals surface area contributed by atoms with Gasteiger partial charge in [-0.3, -0.25) is 9.59 Å². The molecule has 2 rings (SSSR count). The van der Waals surface area contributed by atoms with Crippen LogP contribution in [0.2, 0.25) is 0 Å². The van der Waals surface area contributed by atoms with Crippen molar-refractivity contribution in [2.45, 2.75) is 32.9 Å². The minimum atomic E-state index is -0.979. The summed E-state index contributed by atoms with van der Waals surface area (Å²) in [6, 6.07) is 18.4. The van der Waals surface area contributed by atoms with Crippen LogP contribution < -0.4 is 15.4 Å². The minimum absolute atomic E-state index is 0.0579. The number of hydrogen-bond acceptors (Lipinski definition) is 4. The Bertz CT molecular complexity index is 859. The van der Waals surface area contributed by atoms with Crippen LogP contribution in [0.3, 0.4) is 0 Å². The standard InChI is InChI=1S/C22H25N3O3/c1-16(2)22(3,15-23)25-20(26)14-28-19-12-8-7-11-18(19)21(27)24-13-17-9-5-4-6-10-17/h4-12,16H,13-14H2,1-3H3,(H,24,27)(H,25,26)/t22-/m1/s1. The summed E-state index contributed by atoms with van der Waals surface area (Å²) in [5.74, 6) is -0.454. The zero-order valence-electron chi connectivity index (χ0n) is 16.4. The Balaban J connectivity index is 1.99. The van der Waals surface area contributed by atoms with Gasteiger partial charge in [0.1, 0.15) is 11.3 Å². The molecule has 2 amide bonds. The summed E-state index contributed by atoms with van der Waals surface area (Å²) in [6.45, 7) is 5.49. The van der Waals surface area contributed by atoms with Gasteiger partial charge in [0.05, 0.1) is 11.6 Å². The molecule has 0 unspecified atom stereocenters. The number of rotatable bonds is 8. The molecule has 2 aromatic carbocycles. The van der Waals surface area contributed by atoms with E-state index in [0.29, 0.717) is 17.9 Å². The molecule has 2 N–H and O–H groups in total. The molecule has 6 nitrogen and oxygen atoms in total. The van der Waals surface area contributed by atoms with Gasteiger partial charge in [0, 0.05) is 6.54 Å². The highest BCUT2D eigenvalue weighted by molar-refractivity contribution is 5.97. The fourth-order valence-corrected chi connectivity index (χ4v) is 2.42. The molecule has 1 atom stereocenters. The van der Waals surface area contributed by atoms with E-state index in [1.54, 1.807) is 31.2 Å². The van der Waals surface area contributed by atoms with Crippen molar-refractivity contribution in [2.24, 2.45) is 5.92 Å². The fraction of sp³-hybridized carbons (Fsp3) is 0.318. The Labute approximate surface area is 165 Å². The van der Waals surface area contributed by atoms with E-state index < -0.39 is 11.4 Å². The van der Waals surface area contributed by atoms with Crippen LogP contribution in [0.1, 0.15) is 36.7 Å². The lowest BCUT2D eigenvalue weighted by Gasteiger charge is -2.27. The maximum Gasteiger partial charge on any atom is 0.259 e. The maximum absolute atomic E-state index is 12.5. The van der Waals surface area contributed by atoms with Gasteiger partial charge >= 0.3 is 0 Å². The van der Waals surface area contributed by atoms with Crippen molar-refractivity contribution in [3.05, 3.63) is 65.7 Å². The van der Waals surface area contributed by atoms with E-state index in [4.69, 9.17) is 4.74 Å². The SMILES string of the molecule is CC(C)[C@@](C)(C#N)NC(=O)COc1ccccc1C(=O)NCc1ccccc1. The normalized spacial score (nSPS) is 12.5. The first-order chi connectivity index (χ1) is 13.4. The third kappa shape index (κ3) is 5.58. The molecule has 0 aliphatic rings. The number of amides is 2. The van der Waals surface area contributed by atoms with Gasteiger partial charge in [-0.25, -0.2) is 0 Å². The third-order valence-electron chi connectivity index (χ3n) is 4.57. The van der Waals surface area contributed by atoms with Crippen LogP contribution in [-0.4, -0.2) is 24.0 Å². The number of nitrogens with one attached hydrogen (secondary N) is 2. The monoisotopic (exact) mass is 379 g/mol. The molecule has 0 radical (unpaired) electrons. The van der Waals surface area contributed by atoms with Gasteiger partial charge < -0.3 is 15.4 Å². The number of hydrogen-bond donors (Lipinski definition) is 2. The van der Waals surface area contributed by atoms with Crippen molar-refractivity contribution in [1.29, 1.82) is 5.26 Å². The topological polar surface area (TPSA) is 91.2 Å². The largest absolute Gasteiger partial charge is 0.483 e. The molecule has 0 aliphatic heterocycles. The Morgan fingerprint density at radius 1 is 1.11 bits per heavy atom. The molecule has 2 aromatic rings. The van der Waals surface area contributed by atoms with E-state index in [1.807, 2.05) is 44.2 Å². The van der Waals surface area contributed by atoms with Crippen LogP contribution in [-0.2, 0) is 11.3 Å². The van der Waals surface area contributed by atoms with Crippen LogP contribution in [0, 0.1) is 17.2 Å². The Morgan fingerprint density at radius 3 is 2.39 bits per heavy atom. The lowest BCUT2D eigenvalue weighted by atomic mass is 9.90. The van der Waals surface area contributed by atoms with Gasteiger partial charge in [-0.2, -0.15) is 5.26 Å². The quantitative estimate of drug-likeness (QED) is 0.737. The van der Waals surface area contributed by atoms with E-state index in [1.165, 1.54) is 0 Å². The predicted molar refractivity (Wildman–Crippen MR) is 107 cm³/mol. The predicted octanol–water partition coefficient (Wildman–Crippen LogP) is 3.05. The molecule has 0 bridgehead atoms. The highest BCUT2D eigenvalue weighted by Gasteiger charge is 2.30. The summed E-state index contributed by atoms with van der Waals surface area (Å²) in [7, 11) is 0. The maximum atomic E-state index is 12.5. The molecule has 6 heteroatoms. The van der Waals surface area contributed by atoms with Crippen molar-refractivity contribution in [3.63, 3.8) is 0 Å². The third-order valence-corrected chi connectivity index (χ3v) is 4.57. The van der Waals surface area contributed by atoms with Gasteiger partial charge in [0.25, 0.3) is 11.8 Å². The van der Waals surface area contributed by atoms with Crippen LogP contribution in [0.15, 0.2) is 54.6 Å². The molecule has 0 aromatic heterocycles. The summed E-state index contributed by atoms with van der Waals surface area (Å²) in [5.41, 5.74) is 0.351. The molecule has 0 fully saturated rings. The molecule has 0 aliphatic carbocycles. The second kappa shape index (κ2) is 9.56. The molecular weight excluding hydrogens is 354 g/mol. The average Bonchev–Trinajstić information content (AvgIpc) is 2.71. The minimum Gasteiger partial charge on any atom is -0.483 e. The van der Waals surface area contributed by atoms with Crippen molar-refractivity contribution in [1.82, 2.24) is 10.6 Å². The van der Waals surface area contributed by atoms with Crippen molar-refractivity contribution in [2.75, 3.05) is 6.61 Å². The average molecular weight is 379 g/mol. The highest BCUT2D eigenvalue weighted by atomic mass is 16.5. The smallest absolute Gasteiger partial charge is 0.259 e. The van der Waals surface area contributed by atoms with E-state index in [0.717, 1.165) is 5.56 Å². The summed E-state index contributed by atoms with van der Waals surface area (Å²) < 4.78 is 5.56. The summed E-state index contributed by atoms with van der Waals surface area (Å²) >= 11 is 0. The van der Waals surface area contributed by atoms with Crippen LogP contribution in [0.4, 0.5) is 0 Å². The summed E-state index contributed by atoms with van der Waals surface area (Å²) in [4.78, 5) is 24.7. The molecule has 0 heterocycles. The Hall–Kier alpha value is -3.33. The number of nitriles is 1. The molecule has 0 spiro atoms. The second-order valence-electron chi connectivity index (χ2n) is 6.97. The fourth-order valence-electron chi connectivity index (χ4n) is 2.42. The number of carbonyl (C=O) groups excluding carboxylic acids is 2. The highest BCUT2D eigenvalue weighted by Crippen LogP contribution is 2.19. The number of para-hydroxylation sites is 1. The number of ether oxygens (including phenoxy) is 1. The number of benzene rings is 2. The van der Waals surface area contributed by atoms with E-state index in [2.05, 4.69) is 16.7 Å². The van der Waals surface area contributed by atoms with Gasteiger partial charge in [0.15, 0.2) is 6.61 Å². The van der Waals surface area contributed by atoms with Crippen molar-refractivity contribution in [3.8, 4) is 11.8 Å². The summed E-state index contributed by atoms with van der Waals surface area (Å²) in [6.07, 6.45) is 0. The van der Waals surface area contributed by atoms with Crippen LogP contribution >= 0.6 is 0 Å². The van der Waals surface area contributed by atoms with E-state index in [-0.39, 0.29) is 18.4 Å². The van der Waals surface area contributed by atoms with Crippen molar-refractivity contribution >= 4 is 11.8 Å². The first-order valence-corrected chi connectivity index (χ1v) is 9.12. The van der Waals surface area contributed by atoms with Gasteiger partial charge in [0.2, 0.25) is 0 Å². The lowest BCUT2D eigenvalue weighted by molar-refractivity contribution is -0.124. The van der Waals surface area contributed by atoms with E-state index in [9.17, 15) is 14.9 Å². The summed E-state index contributed by atoms with van der Waals surface area (Å²) in [5, 5.41) is 14.8. The molecule has 28 heavy (non-hydrogen) atoms. The first-order valence-electron chi connectivity index (χ1n) is 9.12. The van der Waals surface area contributed by atoms with Crippen LogP contribution in [0.5, 0.6) is 5.75 Å². The zero-order valence-corrected chi connectivity index (χ0v) is 16.4. The zero-order chi connectivity index (χ0) is 20.6. The van der Waals surface area contributed by atoms with Gasteiger partial charge in [-0.15, -0.1) is 0 Å². The lowest BCUT2D eigenvalue weighted by Crippen LogP contribution is -2.50. The first kappa shape index (κ1) is 21.0. The van der Waals surface area contributed by atoms with Crippen molar-refractivity contribution < 1.29 is 14.3 Å². The van der Waals surface area contributed by atoms with Gasteiger partial charge in [-0.1, -0.05) is 56.3 Å². The van der Waals surface area contributed by atoms with Gasteiger partial charge in [-0.05, 0) is 30.5 Å². The second-order valence-corrected chi connectivity index (χ2v) is 6.97. The molecule has 0 saturated carbocycles. The van der Waals surface area contributed by atoms with E-state index >= 15 is 0 Å². The van der Waals surface area contributed by atoms with Crippen LogP contribution in [0.25, 0.3) is 0 Å².